The van der Waals surface area contributed by atoms with Crippen molar-refractivity contribution in [3.63, 3.8) is 0 Å². The molecule has 2 heterocycles. The van der Waals surface area contributed by atoms with E-state index in [2.05, 4.69) is 16.4 Å². The van der Waals surface area contributed by atoms with Crippen LogP contribution in [-0.4, -0.2) is 27.7 Å². The lowest BCUT2D eigenvalue weighted by molar-refractivity contribution is -0.138. The van der Waals surface area contributed by atoms with E-state index in [9.17, 15) is 9.59 Å². The number of nitrogens with zero attached hydrogens (tertiary/aromatic N) is 2. The molecular weight excluding hydrogens is 346 g/mol. The second-order valence-electron chi connectivity index (χ2n) is 6.61. The van der Waals surface area contributed by atoms with Crippen LogP contribution in [0.25, 0.3) is 10.2 Å². The lowest BCUT2D eigenvalue weighted by Gasteiger charge is -2.35. The van der Waals surface area contributed by atoms with E-state index >= 15 is 0 Å². The zero-order chi connectivity index (χ0) is 18.3. The largest absolute Gasteiger partial charge is 0.326 e. The fourth-order valence-electron chi connectivity index (χ4n) is 3.36. The predicted molar refractivity (Wildman–Crippen MR) is 103 cm³/mol. The van der Waals surface area contributed by atoms with Gasteiger partial charge in [0.05, 0.1) is 10.2 Å². The van der Waals surface area contributed by atoms with Crippen LogP contribution in [0, 0.1) is 6.92 Å². The molecule has 0 fully saturated rings. The maximum atomic E-state index is 12.9. The van der Waals surface area contributed by atoms with E-state index in [0.717, 1.165) is 26.9 Å². The number of rotatable bonds is 2. The molecule has 6 heteroatoms. The molecule has 4 rings (SSSR count). The molecule has 0 radical (unpaired) electrons. The van der Waals surface area contributed by atoms with Crippen molar-refractivity contribution in [1.29, 1.82) is 0 Å². The summed E-state index contributed by atoms with van der Waals surface area (Å²) in [4.78, 5) is 31.1. The van der Waals surface area contributed by atoms with Crippen LogP contribution >= 0.6 is 11.3 Å². The van der Waals surface area contributed by atoms with Gasteiger partial charge in [-0.25, -0.2) is 4.98 Å². The topological polar surface area (TPSA) is 62.3 Å². The van der Waals surface area contributed by atoms with Crippen molar-refractivity contribution >= 4 is 38.5 Å². The van der Waals surface area contributed by atoms with Crippen molar-refractivity contribution in [3.05, 3.63) is 59.2 Å². The highest BCUT2D eigenvalue weighted by molar-refractivity contribution is 7.22. The number of hydrogen-bond donors (Lipinski definition) is 1. The normalized spacial score (nSPS) is 16.4. The fraction of sp³-hybridized carbons (Fsp3) is 0.250. The van der Waals surface area contributed by atoms with Crippen molar-refractivity contribution in [2.75, 3.05) is 5.32 Å². The van der Waals surface area contributed by atoms with Gasteiger partial charge in [-0.3, -0.25) is 9.59 Å². The van der Waals surface area contributed by atoms with Gasteiger partial charge >= 0.3 is 0 Å². The lowest BCUT2D eigenvalue weighted by Crippen LogP contribution is -2.49. The lowest BCUT2D eigenvalue weighted by atomic mass is 9.93. The summed E-state index contributed by atoms with van der Waals surface area (Å²) < 4.78 is 1.04. The number of amides is 2. The van der Waals surface area contributed by atoms with Gasteiger partial charge in [0.25, 0.3) is 0 Å². The van der Waals surface area contributed by atoms with Gasteiger partial charge < -0.3 is 10.2 Å². The van der Waals surface area contributed by atoms with Crippen LogP contribution in [0.1, 0.15) is 23.6 Å². The number of nitrogens with one attached hydrogen (secondary N) is 1. The highest BCUT2D eigenvalue weighted by atomic mass is 32.1. The molecule has 2 amide bonds. The molecule has 1 unspecified atom stereocenters. The first kappa shape index (κ1) is 16.7. The number of aromatic nitrogens is 1. The van der Waals surface area contributed by atoms with Crippen LogP contribution in [-0.2, 0) is 22.6 Å². The minimum absolute atomic E-state index is 0.0976. The molecule has 0 saturated carbocycles. The van der Waals surface area contributed by atoms with Gasteiger partial charge in [0, 0.05) is 19.9 Å². The number of fused-ring (bicyclic) bond motifs is 2. The van der Waals surface area contributed by atoms with E-state index < -0.39 is 6.04 Å². The molecule has 3 aromatic rings. The summed E-state index contributed by atoms with van der Waals surface area (Å²) in [5.41, 5.74) is 4.24. The number of aryl methyl sites for hydroxylation is 1. The summed E-state index contributed by atoms with van der Waals surface area (Å²) in [6, 6.07) is 13.5. The van der Waals surface area contributed by atoms with Gasteiger partial charge in [-0.1, -0.05) is 41.7 Å². The summed E-state index contributed by atoms with van der Waals surface area (Å²) in [7, 11) is 0. The second kappa shape index (κ2) is 6.53. The van der Waals surface area contributed by atoms with Crippen molar-refractivity contribution in [1.82, 2.24) is 9.88 Å². The van der Waals surface area contributed by atoms with Crippen molar-refractivity contribution in [2.24, 2.45) is 0 Å². The van der Waals surface area contributed by atoms with Crippen LogP contribution in [0.2, 0.25) is 0 Å². The average Bonchev–Trinajstić information content (AvgIpc) is 3.01. The van der Waals surface area contributed by atoms with Gasteiger partial charge in [-0.15, -0.1) is 0 Å². The second-order valence-corrected chi connectivity index (χ2v) is 7.65. The molecule has 1 aliphatic rings. The Labute approximate surface area is 155 Å². The quantitative estimate of drug-likeness (QED) is 0.756. The van der Waals surface area contributed by atoms with E-state index in [0.29, 0.717) is 18.1 Å². The molecule has 0 spiro atoms. The molecule has 0 saturated heterocycles. The molecule has 132 valence electrons. The first-order chi connectivity index (χ1) is 12.5. The number of hydrogen-bond acceptors (Lipinski definition) is 4. The maximum absolute atomic E-state index is 12.9. The Balaban J connectivity index is 1.60. The van der Waals surface area contributed by atoms with E-state index in [4.69, 9.17) is 0 Å². The molecule has 1 atom stereocenters. The Hall–Kier alpha value is -2.73. The van der Waals surface area contributed by atoms with Crippen LogP contribution in [0.4, 0.5) is 5.13 Å². The molecule has 1 N–H and O–H groups in total. The third kappa shape index (κ3) is 3.08. The van der Waals surface area contributed by atoms with Crippen LogP contribution in [0.3, 0.4) is 0 Å². The molecule has 0 bridgehead atoms. The predicted octanol–water partition coefficient (Wildman–Crippen LogP) is 3.52. The van der Waals surface area contributed by atoms with Crippen LogP contribution < -0.4 is 5.32 Å². The third-order valence-electron chi connectivity index (χ3n) is 4.73. The van der Waals surface area contributed by atoms with Crippen molar-refractivity contribution in [2.45, 2.75) is 32.9 Å². The molecule has 2 aromatic carbocycles. The molecule has 26 heavy (non-hydrogen) atoms. The SMILES string of the molecule is CC(=O)N1Cc2ccccc2CC1C(=O)Nc1nc2ccc(C)cc2s1. The van der Waals surface area contributed by atoms with Gasteiger partial charge in [-0.2, -0.15) is 0 Å². The van der Waals surface area contributed by atoms with Gasteiger partial charge in [-0.05, 0) is 35.7 Å². The number of thiazole rings is 1. The number of carbonyl (C=O) groups is 2. The average molecular weight is 365 g/mol. The number of benzene rings is 2. The maximum Gasteiger partial charge on any atom is 0.249 e. The van der Waals surface area contributed by atoms with Gasteiger partial charge in [0.15, 0.2) is 5.13 Å². The summed E-state index contributed by atoms with van der Waals surface area (Å²) >= 11 is 1.45. The summed E-state index contributed by atoms with van der Waals surface area (Å²) in [5, 5.41) is 3.48. The first-order valence-corrected chi connectivity index (χ1v) is 9.35. The highest BCUT2D eigenvalue weighted by Crippen LogP contribution is 2.28. The van der Waals surface area contributed by atoms with E-state index in [1.165, 1.54) is 18.3 Å². The summed E-state index contributed by atoms with van der Waals surface area (Å²) in [6.07, 6.45) is 0.519. The Kier molecular flexibility index (Phi) is 4.20. The number of anilines is 1. The minimum atomic E-state index is -0.517. The first-order valence-electron chi connectivity index (χ1n) is 8.53. The molecule has 0 aliphatic carbocycles. The molecule has 1 aromatic heterocycles. The fourth-order valence-corrected chi connectivity index (χ4v) is 4.33. The Morgan fingerprint density at radius 1 is 1.19 bits per heavy atom. The van der Waals surface area contributed by atoms with Crippen molar-refractivity contribution in [3.8, 4) is 0 Å². The summed E-state index contributed by atoms with van der Waals surface area (Å²) in [6.45, 7) is 4.00. The van der Waals surface area contributed by atoms with Gasteiger partial charge in [0.1, 0.15) is 6.04 Å². The van der Waals surface area contributed by atoms with Gasteiger partial charge in [0.2, 0.25) is 11.8 Å². The Bertz CT molecular complexity index is 1010. The third-order valence-corrected chi connectivity index (χ3v) is 5.66. The van der Waals surface area contributed by atoms with Crippen LogP contribution in [0.5, 0.6) is 0 Å². The highest BCUT2D eigenvalue weighted by Gasteiger charge is 2.33. The zero-order valence-electron chi connectivity index (χ0n) is 14.7. The van der Waals surface area contributed by atoms with E-state index in [-0.39, 0.29) is 11.8 Å². The summed E-state index contributed by atoms with van der Waals surface area (Å²) in [5.74, 6) is -0.287. The Morgan fingerprint density at radius 3 is 2.73 bits per heavy atom. The van der Waals surface area contributed by atoms with E-state index in [1.807, 2.05) is 43.3 Å². The molecular formula is C20H19N3O2S. The number of carbonyl (C=O) groups excluding carboxylic acids is 2. The minimum Gasteiger partial charge on any atom is -0.326 e. The standard InChI is InChI=1S/C20H19N3O2S/c1-12-7-8-16-18(9-12)26-20(21-16)22-19(25)17-10-14-5-3-4-6-15(14)11-23(17)13(2)24/h3-9,17H,10-11H2,1-2H3,(H,21,22,25). The van der Waals surface area contributed by atoms with Crippen molar-refractivity contribution < 1.29 is 9.59 Å². The Morgan fingerprint density at radius 2 is 1.96 bits per heavy atom. The monoisotopic (exact) mass is 365 g/mol. The van der Waals surface area contributed by atoms with E-state index in [1.54, 1.807) is 4.90 Å². The smallest absolute Gasteiger partial charge is 0.249 e. The molecule has 5 nitrogen and oxygen atoms in total. The van der Waals surface area contributed by atoms with Crippen LogP contribution in [0.15, 0.2) is 42.5 Å². The zero-order valence-corrected chi connectivity index (χ0v) is 15.5. The molecule has 1 aliphatic heterocycles.